The Bertz CT molecular complexity index is 977. The molecule has 8 heteroatoms. The fourth-order valence-corrected chi connectivity index (χ4v) is 3.83. The number of nitrogens with two attached hydrogens (primary N) is 1. The van der Waals surface area contributed by atoms with Crippen LogP contribution in [0.5, 0.6) is 5.88 Å². The molecule has 3 aliphatic rings. The molecule has 1 fully saturated rings. The predicted octanol–water partition coefficient (Wildman–Crippen LogP) is 2.39. The van der Waals surface area contributed by atoms with Crippen molar-refractivity contribution in [2.75, 3.05) is 19.8 Å². The van der Waals surface area contributed by atoms with E-state index >= 15 is 0 Å². The van der Waals surface area contributed by atoms with Gasteiger partial charge in [-0.25, -0.2) is 4.98 Å². The van der Waals surface area contributed by atoms with Crippen molar-refractivity contribution < 1.29 is 24.0 Å². The number of nitrogens with zero attached hydrogens (tertiary/aromatic N) is 2. The van der Waals surface area contributed by atoms with E-state index in [1.54, 1.807) is 16.4 Å². The fraction of sp³-hybridized carbons (Fsp3) is 0.348. The lowest BCUT2D eigenvalue weighted by Crippen LogP contribution is -2.75. The number of halogens is 1. The first-order valence-electron chi connectivity index (χ1n) is 10.4. The SMILES string of the molecule is N=CC(F)=C[NH2+]C1=CC=C(CN2Cc3ccnc(OCC4CCCO4)c3C2=O)C=CC1. The number of rotatable bonds is 8. The molecule has 1 amide bonds. The second kappa shape index (κ2) is 9.80. The minimum Gasteiger partial charge on any atom is -0.474 e. The summed E-state index contributed by atoms with van der Waals surface area (Å²) in [7, 11) is 0. The van der Waals surface area contributed by atoms with Crippen LogP contribution in [0.15, 0.2) is 59.9 Å². The highest BCUT2D eigenvalue weighted by molar-refractivity contribution is 6.00. The predicted molar refractivity (Wildman–Crippen MR) is 113 cm³/mol. The Hall–Kier alpha value is -3.10. The highest BCUT2D eigenvalue weighted by atomic mass is 19.1. The third-order valence-corrected chi connectivity index (χ3v) is 5.46. The molecule has 0 bridgehead atoms. The van der Waals surface area contributed by atoms with E-state index in [1.165, 1.54) is 6.20 Å². The average molecular weight is 425 g/mol. The van der Waals surface area contributed by atoms with Gasteiger partial charge in [-0.2, -0.15) is 4.39 Å². The van der Waals surface area contributed by atoms with Gasteiger partial charge in [-0.1, -0.05) is 18.2 Å². The number of carbonyl (C=O) groups is 1. The summed E-state index contributed by atoms with van der Waals surface area (Å²) in [6.07, 6.45) is 14.2. The first-order valence-corrected chi connectivity index (χ1v) is 10.4. The summed E-state index contributed by atoms with van der Waals surface area (Å²) in [4.78, 5) is 19.1. The number of carbonyl (C=O) groups excluding carboxylic acids is 1. The molecule has 1 unspecified atom stereocenters. The van der Waals surface area contributed by atoms with Gasteiger partial charge >= 0.3 is 0 Å². The van der Waals surface area contributed by atoms with E-state index in [-0.39, 0.29) is 12.0 Å². The third kappa shape index (κ3) is 5.15. The summed E-state index contributed by atoms with van der Waals surface area (Å²) >= 11 is 0. The molecule has 2 aliphatic heterocycles. The van der Waals surface area contributed by atoms with Crippen molar-refractivity contribution in [2.24, 2.45) is 0 Å². The second-order valence-electron chi connectivity index (χ2n) is 7.71. The molecule has 7 nitrogen and oxygen atoms in total. The number of quaternary nitrogens is 1. The number of ether oxygens (including phenoxy) is 2. The van der Waals surface area contributed by atoms with Gasteiger partial charge in [-0.05, 0) is 36.1 Å². The van der Waals surface area contributed by atoms with Crippen LogP contribution in [0.1, 0.15) is 35.2 Å². The van der Waals surface area contributed by atoms with Crippen LogP contribution in [0, 0.1) is 5.41 Å². The average Bonchev–Trinajstić information content (AvgIpc) is 3.34. The first-order chi connectivity index (χ1) is 15.1. The van der Waals surface area contributed by atoms with E-state index < -0.39 is 5.83 Å². The van der Waals surface area contributed by atoms with Crippen LogP contribution in [0.4, 0.5) is 4.39 Å². The van der Waals surface area contributed by atoms with Crippen molar-refractivity contribution >= 4 is 12.1 Å². The fourth-order valence-electron chi connectivity index (χ4n) is 3.83. The van der Waals surface area contributed by atoms with Crippen molar-refractivity contribution in [3.05, 3.63) is 71.0 Å². The lowest BCUT2D eigenvalue weighted by Gasteiger charge is -2.16. The topological polar surface area (TPSA) is 92.1 Å². The van der Waals surface area contributed by atoms with Crippen LogP contribution in [0.2, 0.25) is 0 Å². The van der Waals surface area contributed by atoms with Crippen LogP contribution in [0.3, 0.4) is 0 Å². The molecule has 31 heavy (non-hydrogen) atoms. The molecule has 162 valence electrons. The first kappa shape index (κ1) is 21.1. The summed E-state index contributed by atoms with van der Waals surface area (Å²) in [6, 6.07) is 1.86. The Labute approximate surface area is 180 Å². The maximum absolute atomic E-state index is 13.1. The molecule has 1 aliphatic carbocycles. The minimum atomic E-state index is -0.593. The maximum Gasteiger partial charge on any atom is 0.260 e. The molecule has 0 saturated carbocycles. The van der Waals surface area contributed by atoms with Gasteiger partial charge in [0, 0.05) is 32.3 Å². The molecule has 3 N–H and O–H groups in total. The van der Waals surface area contributed by atoms with Gasteiger partial charge in [0.05, 0.1) is 12.3 Å². The van der Waals surface area contributed by atoms with Gasteiger partial charge in [0.15, 0.2) is 5.83 Å². The molecule has 1 aromatic heterocycles. The molecular formula is C23H26FN4O3+. The summed E-state index contributed by atoms with van der Waals surface area (Å²) in [5.41, 5.74) is 3.36. The number of hydrogen-bond donors (Lipinski definition) is 2. The van der Waals surface area contributed by atoms with E-state index in [1.807, 2.05) is 30.4 Å². The molecular weight excluding hydrogens is 399 g/mol. The Morgan fingerprint density at radius 1 is 1.45 bits per heavy atom. The summed E-state index contributed by atoms with van der Waals surface area (Å²) in [5.74, 6) is -0.302. The molecule has 3 heterocycles. The molecule has 0 aromatic carbocycles. The number of nitrogens with one attached hydrogen (secondary N) is 1. The zero-order valence-electron chi connectivity index (χ0n) is 17.2. The van der Waals surface area contributed by atoms with E-state index in [2.05, 4.69) is 4.98 Å². The van der Waals surface area contributed by atoms with Crippen molar-refractivity contribution in [3.8, 4) is 5.88 Å². The Balaban J connectivity index is 1.42. The van der Waals surface area contributed by atoms with Gasteiger partial charge < -0.3 is 19.8 Å². The van der Waals surface area contributed by atoms with Gasteiger partial charge in [-0.3, -0.25) is 10.1 Å². The minimum absolute atomic E-state index is 0.0617. The third-order valence-electron chi connectivity index (χ3n) is 5.46. The van der Waals surface area contributed by atoms with Crippen LogP contribution < -0.4 is 10.1 Å². The smallest absolute Gasteiger partial charge is 0.260 e. The van der Waals surface area contributed by atoms with Crippen LogP contribution >= 0.6 is 0 Å². The van der Waals surface area contributed by atoms with Gasteiger partial charge in [-0.15, -0.1) is 0 Å². The van der Waals surface area contributed by atoms with E-state index in [4.69, 9.17) is 14.9 Å². The van der Waals surface area contributed by atoms with Crippen LogP contribution in [-0.2, 0) is 11.3 Å². The molecule has 1 aromatic rings. The normalized spacial score (nSPS) is 20.9. The van der Waals surface area contributed by atoms with Gasteiger partial charge in [0.25, 0.3) is 5.91 Å². The number of pyridine rings is 1. The Morgan fingerprint density at radius 2 is 2.35 bits per heavy atom. The van der Waals surface area contributed by atoms with Crippen molar-refractivity contribution in [1.29, 1.82) is 5.41 Å². The van der Waals surface area contributed by atoms with Gasteiger partial charge in [0.1, 0.15) is 24.1 Å². The number of hydrogen-bond acceptors (Lipinski definition) is 5. The summed E-state index contributed by atoms with van der Waals surface area (Å²) in [5, 5.41) is 8.55. The van der Waals surface area contributed by atoms with E-state index in [0.717, 1.165) is 36.3 Å². The molecule has 1 saturated heterocycles. The molecule has 0 spiro atoms. The zero-order chi connectivity index (χ0) is 21.6. The summed E-state index contributed by atoms with van der Waals surface area (Å²) < 4.78 is 24.6. The lowest BCUT2D eigenvalue weighted by atomic mass is 10.2. The standard InChI is InChI=1S/C23H25FN4O3/c24-18(11-25)12-27-19-4-1-3-16(6-7-19)13-28-14-17-8-9-26-22(21(17)23(28)29)31-15-20-5-2-10-30-20/h1,3,6-9,11-12,20,25,27H,2,4-5,10,13-15H2/p+1. The largest absolute Gasteiger partial charge is 0.474 e. The highest BCUT2D eigenvalue weighted by Gasteiger charge is 2.32. The lowest BCUT2D eigenvalue weighted by molar-refractivity contribution is -0.537. The van der Waals surface area contributed by atoms with Gasteiger partial charge in [0.2, 0.25) is 5.88 Å². The maximum atomic E-state index is 13.1. The van der Waals surface area contributed by atoms with Crippen molar-refractivity contribution in [2.45, 2.75) is 31.9 Å². The van der Waals surface area contributed by atoms with Crippen LogP contribution in [0.25, 0.3) is 0 Å². The number of aromatic nitrogens is 1. The van der Waals surface area contributed by atoms with E-state index in [0.29, 0.717) is 43.8 Å². The van der Waals surface area contributed by atoms with Crippen molar-refractivity contribution in [3.63, 3.8) is 0 Å². The number of amides is 1. The second-order valence-corrected chi connectivity index (χ2v) is 7.71. The molecule has 4 rings (SSSR count). The molecule has 1 atom stereocenters. The zero-order valence-corrected chi connectivity index (χ0v) is 17.2. The number of fused-ring (bicyclic) bond motifs is 1. The van der Waals surface area contributed by atoms with Crippen LogP contribution in [-0.4, -0.2) is 47.9 Å². The highest BCUT2D eigenvalue weighted by Crippen LogP contribution is 2.30. The van der Waals surface area contributed by atoms with E-state index in [9.17, 15) is 9.18 Å². The monoisotopic (exact) mass is 425 g/mol. The quantitative estimate of drug-likeness (QED) is 0.626. The Kier molecular flexibility index (Phi) is 6.69. The summed E-state index contributed by atoms with van der Waals surface area (Å²) in [6.45, 7) is 2.13. The molecule has 0 radical (unpaired) electrons. The van der Waals surface area contributed by atoms with Crippen molar-refractivity contribution in [1.82, 2.24) is 9.88 Å². The Morgan fingerprint density at radius 3 is 3.16 bits per heavy atom. The number of allylic oxidation sites excluding steroid dienone is 4.